The molecule has 0 N–H and O–H groups in total. The van der Waals surface area contributed by atoms with Crippen LogP contribution in [0.15, 0.2) is 0 Å². The number of hydrogen-bond acceptors (Lipinski definition) is 1. The minimum absolute atomic E-state index is 0.145. The van der Waals surface area contributed by atoms with Crippen molar-refractivity contribution in [3.05, 3.63) is 0 Å². The first-order valence-electron chi connectivity index (χ1n) is 5.29. The van der Waals surface area contributed by atoms with E-state index in [1.54, 1.807) is 0 Å². The quantitative estimate of drug-likeness (QED) is 0.598. The highest BCUT2D eigenvalue weighted by atomic mass is 79.9. The van der Waals surface area contributed by atoms with Crippen LogP contribution in [0, 0.1) is 11.3 Å². The molecule has 0 amide bonds. The van der Waals surface area contributed by atoms with Crippen molar-refractivity contribution in [2.45, 2.75) is 50.3 Å². The van der Waals surface area contributed by atoms with Crippen molar-refractivity contribution in [3.8, 4) is 0 Å². The molecule has 0 aromatic heterocycles. The zero-order chi connectivity index (χ0) is 9.47. The number of hydrogen-bond donors (Lipinski definition) is 0. The Morgan fingerprint density at radius 1 is 1.46 bits per heavy atom. The number of halogens is 1. The molecule has 0 aromatic rings. The van der Waals surface area contributed by atoms with E-state index in [2.05, 4.69) is 22.9 Å². The third-order valence-corrected chi connectivity index (χ3v) is 4.81. The fourth-order valence-electron chi connectivity index (χ4n) is 2.98. The second kappa shape index (κ2) is 3.38. The molecule has 0 heterocycles. The van der Waals surface area contributed by atoms with Gasteiger partial charge in [0.2, 0.25) is 0 Å². The number of alkyl halides is 1. The minimum atomic E-state index is 0.145. The van der Waals surface area contributed by atoms with Gasteiger partial charge in [-0.15, -0.1) is 0 Å². The fourth-order valence-corrected chi connectivity index (χ4v) is 3.91. The van der Waals surface area contributed by atoms with E-state index in [0.29, 0.717) is 17.1 Å². The molecule has 13 heavy (non-hydrogen) atoms. The number of rotatable bonds is 0. The molecule has 74 valence electrons. The lowest BCUT2D eigenvalue weighted by molar-refractivity contribution is -0.124. The number of Topliss-reactive ketones (excluding diaryl/α,β-unsaturated/α-hetero) is 1. The van der Waals surface area contributed by atoms with Crippen LogP contribution >= 0.6 is 15.9 Å². The third kappa shape index (κ3) is 1.70. The molecule has 2 fully saturated rings. The van der Waals surface area contributed by atoms with Gasteiger partial charge in [-0.05, 0) is 30.6 Å². The smallest absolute Gasteiger partial charge is 0.146 e. The summed E-state index contributed by atoms with van der Waals surface area (Å²) in [6.07, 6.45) is 7.19. The van der Waals surface area contributed by atoms with Crippen LogP contribution in [0.5, 0.6) is 0 Å². The molecule has 0 bridgehead atoms. The Morgan fingerprint density at radius 3 is 3.00 bits per heavy atom. The van der Waals surface area contributed by atoms with Crippen LogP contribution in [0.4, 0.5) is 0 Å². The molecule has 0 unspecified atom stereocenters. The zero-order valence-corrected chi connectivity index (χ0v) is 9.77. The van der Waals surface area contributed by atoms with Crippen molar-refractivity contribution in [1.29, 1.82) is 0 Å². The van der Waals surface area contributed by atoms with Crippen molar-refractivity contribution < 1.29 is 4.79 Å². The third-order valence-electron chi connectivity index (χ3n) is 3.98. The molecule has 0 saturated heterocycles. The molecule has 2 saturated carbocycles. The minimum Gasteiger partial charge on any atom is -0.298 e. The Bertz CT molecular complexity index is 226. The Morgan fingerprint density at radius 2 is 2.23 bits per heavy atom. The molecule has 2 aliphatic carbocycles. The van der Waals surface area contributed by atoms with E-state index in [4.69, 9.17) is 0 Å². The maximum Gasteiger partial charge on any atom is 0.146 e. The van der Waals surface area contributed by atoms with E-state index in [-0.39, 0.29) is 4.83 Å². The lowest BCUT2D eigenvalue weighted by Crippen LogP contribution is -2.41. The molecule has 0 aromatic carbocycles. The van der Waals surface area contributed by atoms with E-state index in [0.717, 1.165) is 12.8 Å². The average molecular weight is 245 g/mol. The maximum atomic E-state index is 11.5. The van der Waals surface area contributed by atoms with E-state index < -0.39 is 0 Å². The highest BCUT2D eigenvalue weighted by Gasteiger charge is 2.44. The van der Waals surface area contributed by atoms with Gasteiger partial charge < -0.3 is 0 Å². The van der Waals surface area contributed by atoms with E-state index >= 15 is 0 Å². The SMILES string of the molecule is C[C@]12CCCC[C@@H]1CC(=O)[C@@H](Br)C2. The first-order chi connectivity index (χ1) is 6.12. The first kappa shape index (κ1) is 9.70. The van der Waals surface area contributed by atoms with Gasteiger partial charge in [-0.1, -0.05) is 35.7 Å². The normalized spacial score (nSPS) is 45.8. The molecule has 2 rings (SSSR count). The van der Waals surface area contributed by atoms with Crippen LogP contribution in [0.3, 0.4) is 0 Å². The number of ketones is 1. The lowest BCUT2D eigenvalue weighted by Gasteiger charge is -2.46. The van der Waals surface area contributed by atoms with Crippen molar-refractivity contribution in [3.63, 3.8) is 0 Å². The van der Waals surface area contributed by atoms with Gasteiger partial charge in [-0.3, -0.25) is 4.79 Å². The summed E-state index contributed by atoms with van der Waals surface area (Å²) in [4.78, 5) is 11.7. The number of carbonyl (C=O) groups excluding carboxylic acids is 1. The van der Waals surface area contributed by atoms with E-state index in [1.165, 1.54) is 25.7 Å². The van der Waals surface area contributed by atoms with Crippen molar-refractivity contribution >= 4 is 21.7 Å². The van der Waals surface area contributed by atoms with Gasteiger partial charge in [0.1, 0.15) is 5.78 Å². The summed E-state index contributed by atoms with van der Waals surface area (Å²) in [6.45, 7) is 2.37. The highest BCUT2D eigenvalue weighted by Crippen LogP contribution is 2.50. The van der Waals surface area contributed by atoms with Gasteiger partial charge >= 0.3 is 0 Å². The molecule has 0 radical (unpaired) electrons. The first-order valence-corrected chi connectivity index (χ1v) is 6.20. The van der Waals surface area contributed by atoms with Crippen LogP contribution in [0.25, 0.3) is 0 Å². The molecule has 0 aliphatic heterocycles. The van der Waals surface area contributed by atoms with Crippen LogP contribution in [-0.2, 0) is 4.79 Å². The van der Waals surface area contributed by atoms with Crippen LogP contribution in [0.1, 0.15) is 45.4 Å². The molecular formula is C11H17BrO. The predicted molar refractivity (Wildman–Crippen MR) is 57.0 cm³/mol. The van der Waals surface area contributed by atoms with Crippen molar-refractivity contribution in [1.82, 2.24) is 0 Å². The second-order valence-corrected chi connectivity index (χ2v) is 6.04. The standard InChI is InChI=1S/C11H17BrO/c1-11-5-3-2-4-8(11)6-10(13)9(12)7-11/h8-9H,2-7H2,1H3/t8-,9+,11-/m1/s1. The topological polar surface area (TPSA) is 17.1 Å². The average Bonchev–Trinajstić information content (AvgIpc) is 2.07. The van der Waals surface area contributed by atoms with E-state index in [9.17, 15) is 4.79 Å². The van der Waals surface area contributed by atoms with Gasteiger partial charge in [0.25, 0.3) is 0 Å². The Labute approximate surface area is 88.4 Å². The molecule has 2 heteroatoms. The molecule has 2 aliphatic rings. The van der Waals surface area contributed by atoms with Gasteiger partial charge in [-0.2, -0.15) is 0 Å². The summed E-state index contributed by atoms with van der Waals surface area (Å²) >= 11 is 3.50. The summed E-state index contributed by atoms with van der Waals surface area (Å²) in [5.41, 5.74) is 0.459. The lowest BCUT2D eigenvalue weighted by atomic mass is 9.60. The summed E-state index contributed by atoms with van der Waals surface area (Å²) in [5.74, 6) is 1.12. The summed E-state index contributed by atoms with van der Waals surface area (Å²) < 4.78 is 0. The molecule has 3 atom stereocenters. The Kier molecular flexibility index (Phi) is 2.52. The highest BCUT2D eigenvalue weighted by molar-refractivity contribution is 9.10. The van der Waals surface area contributed by atoms with Gasteiger partial charge in [0.05, 0.1) is 4.83 Å². The Hall–Kier alpha value is 0.150. The van der Waals surface area contributed by atoms with Crippen LogP contribution < -0.4 is 0 Å². The predicted octanol–water partition coefficient (Wildman–Crippen LogP) is 3.31. The van der Waals surface area contributed by atoms with Crippen LogP contribution in [-0.4, -0.2) is 10.6 Å². The monoisotopic (exact) mass is 244 g/mol. The Balaban J connectivity index is 2.15. The van der Waals surface area contributed by atoms with Crippen LogP contribution in [0.2, 0.25) is 0 Å². The maximum absolute atomic E-state index is 11.5. The largest absolute Gasteiger partial charge is 0.298 e. The number of fused-ring (bicyclic) bond motifs is 1. The summed E-state index contributed by atoms with van der Waals surface area (Å²) in [7, 11) is 0. The van der Waals surface area contributed by atoms with Crippen molar-refractivity contribution in [2.75, 3.05) is 0 Å². The second-order valence-electron chi connectivity index (χ2n) is 4.94. The summed E-state index contributed by atoms with van der Waals surface area (Å²) in [5, 5.41) is 0. The van der Waals surface area contributed by atoms with E-state index in [1.807, 2.05) is 0 Å². The fraction of sp³-hybridized carbons (Fsp3) is 0.909. The van der Waals surface area contributed by atoms with Gasteiger partial charge in [-0.25, -0.2) is 0 Å². The van der Waals surface area contributed by atoms with Gasteiger partial charge in [0, 0.05) is 6.42 Å². The van der Waals surface area contributed by atoms with Gasteiger partial charge in [0.15, 0.2) is 0 Å². The summed E-state index contributed by atoms with van der Waals surface area (Å²) in [6, 6.07) is 0. The van der Waals surface area contributed by atoms with Crippen molar-refractivity contribution in [2.24, 2.45) is 11.3 Å². The molecule has 0 spiro atoms. The molecular weight excluding hydrogens is 228 g/mol. The number of carbonyl (C=O) groups is 1. The zero-order valence-electron chi connectivity index (χ0n) is 8.18. The molecule has 1 nitrogen and oxygen atoms in total.